The highest BCUT2D eigenvalue weighted by Crippen LogP contribution is 2.59. The van der Waals surface area contributed by atoms with E-state index in [1.165, 1.54) is 30.4 Å². The molecule has 0 bridgehead atoms. The lowest BCUT2D eigenvalue weighted by molar-refractivity contribution is 0.135. The van der Waals surface area contributed by atoms with Gasteiger partial charge in [-0.1, -0.05) is 44.5 Å². The highest BCUT2D eigenvalue weighted by Gasteiger charge is 2.55. The molecule has 0 aliphatic heterocycles. The monoisotopic (exact) mass is 244 g/mol. The summed E-state index contributed by atoms with van der Waals surface area (Å²) in [5.74, 6) is 2.92. The first-order valence-corrected chi connectivity index (χ1v) is 7.43. The SMILES string of the molecule is CC(C)c1ccc(CC(O)C2C3CCCC32)cc1. The van der Waals surface area contributed by atoms with Crippen LogP contribution in [0.15, 0.2) is 24.3 Å². The number of aliphatic hydroxyl groups excluding tert-OH is 1. The van der Waals surface area contributed by atoms with Crippen molar-refractivity contribution in [2.75, 3.05) is 0 Å². The molecule has 3 unspecified atom stereocenters. The molecule has 0 spiro atoms. The van der Waals surface area contributed by atoms with E-state index in [9.17, 15) is 5.11 Å². The second-order valence-corrected chi connectivity index (χ2v) is 6.50. The molecule has 0 radical (unpaired) electrons. The van der Waals surface area contributed by atoms with Gasteiger partial charge < -0.3 is 5.11 Å². The number of hydrogen-bond donors (Lipinski definition) is 1. The lowest BCUT2D eigenvalue weighted by Crippen LogP contribution is -2.16. The third-order valence-corrected chi connectivity index (χ3v) is 5.01. The van der Waals surface area contributed by atoms with Gasteiger partial charge in [0.05, 0.1) is 6.10 Å². The highest BCUT2D eigenvalue weighted by atomic mass is 16.3. The maximum Gasteiger partial charge on any atom is 0.0614 e. The van der Waals surface area contributed by atoms with E-state index in [1.807, 2.05) is 0 Å². The molecule has 1 heteroatoms. The fraction of sp³-hybridized carbons (Fsp3) is 0.647. The Balaban J connectivity index is 1.59. The van der Waals surface area contributed by atoms with Gasteiger partial charge in [-0.3, -0.25) is 0 Å². The topological polar surface area (TPSA) is 20.2 Å². The lowest BCUT2D eigenvalue weighted by Gasteiger charge is -2.13. The van der Waals surface area contributed by atoms with Gasteiger partial charge in [-0.15, -0.1) is 0 Å². The van der Waals surface area contributed by atoms with Crippen LogP contribution in [-0.2, 0) is 6.42 Å². The summed E-state index contributed by atoms with van der Waals surface area (Å²) in [4.78, 5) is 0. The highest BCUT2D eigenvalue weighted by molar-refractivity contribution is 5.25. The summed E-state index contributed by atoms with van der Waals surface area (Å²) in [7, 11) is 0. The Morgan fingerprint density at radius 3 is 2.28 bits per heavy atom. The van der Waals surface area contributed by atoms with Crippen molar-refractivity contribution in [1.82, 2.24) is 0 Å². The minimum absolute atomic E-state index is 0.106. The molecule has 2 aliphatic rings. The Hall–Kier alpha value is -0.820. The molecular formula is C17H24O. The Morgan fingerprint density at radius 2 is 1.72 bits per heavy atom. The molecule has 1 N–H and O–H groups in total. The van der Waals surface area contributed by atoms with E-state index in [2.05, 4.69) is 38.1 Å². The van der Waals surface area contributed by atoms with E-state index in [1.54, 1.807) is 0 Å². The van der Waals surface area contributed by atoms with Gasteiger partial charge in [0, 0.05) is 0 Å². The normalized spacial score (nSPS) is 31.4. The molecule has 2 aliphatic carbocycles. The molecule has 3 atom stereocenters. The summed E-state index contributed by atoms with van der Waals surface area (Å²) in [6, 6.07) is 8.80. The number of hydrogen-bond acceptors (Lipinski definition) is 1. The summed E-state index contributed by atoms with van der Waals surface area (Å²) in [6.45, 7) is 4.44. The maximum atomic E-state index is 10.3. The third-order valence-electron chi connectivity index (χ3n) is 5.01. The van der Waals surface area contributed by atoms with Crippen molar-refractivity contribution in [1.29, 1.82) is 0 Å². The average molecular weight is 244 g/mol. The molecule has 18 heavy (non-hydrogen) atoms. The molecule has 3 rings (SSSR count). The van der Waals surface area contributed by atoms with Crippen molar-refractivity contribution >= 4 is 0 Å². The second-order valence-electron chi connectivity index (χ2n) is 6.50. The predicted octanol–water partition coefficient (Wildman–Crippen LogP) is 3.76. The largest absolute Gasteiger partial charge is 0.392 e. The van der Waals surface area contributed by atoms with Crippen LogP contribution in [0.25, 0.3) is 0 Å². The Kier molecular flexibility index (Phi) is 3.19. The minimum atomic E-state index is -0.106. The molecule has 1 aromatic rings. The van der Waals surface area contributed by atoms with Gasteiger partial charge in [-0.05, 0) is 54.1 Å². The van der Waals surface area contributed by atoms with Crippen LogP contribution in [0.4, 0.5) is 0 Å². The molecule has 1 nitrogen and oxygen atoms in total. The first-order chi connectivity index (χ1) is 8.66. The van der Waals surface area contributed by atoms with E-state index in [-0.39, 0.29) is 6.10 Å². The van der Waals surface area contributed by atoms with Gasteiger partial charge >= 0.3 is 0 Å². The molecule has 98 valence electrons. The quantitative estimate of drug-likeness (QED) is 0.855. The van der Waals surface area contributed by atoms with Crippen LogP contribution in [0.2, 0.25) is 0 Å². The molecular weight excluding hydrogens is 220 g/mol. The van der Waals surface area contributed by atoms with E-state index < -0.39 is 0 Å². The summed E-state index contributed by atoms with van der Waals surface area (Å²) in [5, 5.41) is 10.3. The van der Waals surface area contributed by atoms with Gasteiger partial charge in [0.25, 0.3) is 0 Å². The number of benzene rings is 1. The smallest absolute Gasteiger partial charge is 0.0614 e. The van der Waals surface area contributed by atoms with Crippen LogP contribution in [0.3, 0.4) is 0 Å². The molecule has 0 saturated heterocycles. The van der Waals surface area contributed by atoms with E-state index in [0.29, 0.717) is 11.8 Å². The average Bonchev–Trinajstić information content (AvgIpc) is 2.84. The predicted molar refractivity (Wildman–Crippen MR) is 74.6 cm³/mol. The fourth-order valence-corrected chi connectivity index (χ4v) is 3.86. The van der Waals surface area contributed by atoms with Crippen molar-refractivity contribution < 1.29 is 5.11 Å². The Bertz CT molecular complexity index is 396. The summed E-state index contributed by atoms with van der Waals surface area (Å²) >= 11 is 0. The first-order valence-electron chi connectivity index (χ1n) is 7.43. The van der Waals surface area contributed by atoms with Crippen molar-refractivity contribution in [3.05, 3.63) is 35.4 Å². The van der Waals surface area contributed by atoms with E-state index >= 15 is 0 Å². The fourth-order valence-electron chi connectivity index (χ4n) is 3.86. The standard InChI is InChI=1S/C17H24O/c1-11(2)13-8-6-12(7-9-13)10-16(18)17-14-4-3-5-15(14)17/h6-9,11,14-18H,3-5,10H2,1-2H3. The third kappa shape index (κ3) is 2.21. The van der Waals surface area contributed by atoms with Crippen molar-refractivity contribution in [3.63, 3.8) is 0 Å². The van der Waals surface area contributed by atoms with Crippen molar-refractivity contribution in [3.8, 4) is 0 Å². The van der Waals surface area contributed by atoms with Crippen LogP contribution in [0, 0.1) is 17.8 Å². The van der Waals surface area contributed by atoms with Crippen molar-refractivity contribution in [2.45, 2.75) is 51.6 Å². The Morgan fingerprint density at radius 1 is 1.11 bits per heavy atom. The van der Waals surface area contributed by atoms with Gasteiger partial charge in [0.1, 0.15) is 0 Å². The molecule has 0 aromatic heterocycles. The van der Waals surface area contributed by atoms with Gasteiger partial charge in [-0.2, -0.15) is 0 Å². The molecule has 0 heterocycles. The maximum absolute atomic E-state index is 10.3. The van der Waals surface area contributed by atoms with E-state index in [0.717, 1.165) is 18.3 Å². The van der Waals surface area contributed by atoms with Gasteiger partial charge in [0.15, 0.2) is 0 Å². The Labute approximate surface area is 110 Å². The van der Waals surface area contributed by atoms with Crippen LogP contribution in [0.5, 0.6) is 0 Å². The van der Waals surface area contributed by atoms with Gasteiger partial charge in [0.2, 0.25) is 0 Å². The van der Waals surface area contributed by atoms with Crippen molar-refractivity contribution in [2.24, 2.45) is 17.8 Å². The molecule has 2 saturated carbocycles. The number of fused-ring (bicyclic) bond motifs is 1. The van der Waals surface area contributed by atoms with Crippen LogP contribution in [-0.4, -0.2) is 11.2 Å². The zero-order chi connectivity index (χ0) is 12.7. The number of aliphatic hydroxyl groups is 1. The second kappa shape index (κ2) is 4.70. The summed E-state index contributed by atoms with van der Waals surface area (Å²) in [6.07, 6.45) is 4.85. The zero-order valence-corrected chi connectivity index (χ0v) is 11.5. The molecule has 1 aromatic carbocycles. The number of rotatable bonds is 4. The summed E-state index contributed by atoms with van der Waals surface area (Å²) in [5.41, 5.74) is 2.67. The van der Waals surface area contributed by atoms with Gasteiger partial charge in [-0.25, -0.2) is 0 Å². The minimum Gasteiger partial charge on any atom is -0.392 e. The molecule has 2 fully saturated rings. The molecule has 0 amide bonds. The first kappa shape index (κ1) is 12.2. The lowest BCUT2D eigenvalue weighted by atomic mass is 9.97. The van der Waals surface area contributed by atoms with Crippen LogP contribution in [0.1, 0.15) is 50.2 Å². The van der Waals surface area contributed by atoms with E-state index in [4.69, 9.17) is 0 Å². The van der Waals surface area contributed by atoms with Crippen LogP contribution >= 0.6 is 0 Å². The zero-order valence-electron chi connectivity index (χ0n) is 11.5. The summed E-state index contributed by atoms with van der Waals surface area (Å²) < 4.78 is 0. The van der Waals surface area contributed by atoms with Crippen LogP contribution < -0.4 is 0 Å².